The van der Waals surface area contributed by atoms with E-state index in [9.17, 15) is 9.90 Å². The number of hydrogen-bond donors (Lipinski definition) is 1. The minimum atomic E-state index is -0.262. The first kappa shape index (κ1) is 10.6. The van der Waals surface area contributed by atoms with E-state index in [1.807, 2.05) is 30.3 Å². The summed E-state index contributed by atoms with van der Waals surface area (Å²) < 4.78 is 5.23. The number of benzene rings is 1. The highest BCUT2D eigenvalue weighted by Crippen LogP contribution is 2.42. The standard InChI is InChI=1S/C13H15NO3/c15-12-6-11-10(12)7-14(11)13(16)17-8-9-4-2-1-3-5-9/h1-5,10-12,15H,6-8H2/t10-,11-,12-/m1/s1. The third-order valence-electron chi connectivity index (χ3n) is 3.72. The van der Waals surface area contributed by atoms with Gasteiger partial charge in [-0.25, -0.2) is 4.79 Å². The number of rotatable bonds is 2. The van der Waals surface area contributed by atoms with E-state index in [4.69, 9.17) is 4.74 Å². The Kier molecular flexibility index (Phi) is 2.52. The molecule has 1 N–H and O–H groups in total. The fraction of sp³-hybridized carbons (Fsp3) is 0.462. The molecule has 1 aliphatic heterocycles. The maximum atomic E-state index is 11.7. The van der Waals surface area contributed by atoms with E-state index < -0.39 is 0 Å². The summed E-state index contributed by atoms with van der Waals surface area (Å²) in [4.78, 5) is 13.4. The number of aliphatic hydroxyl groups excluding tert-OH is 1. The number of nitrogens with zero attached hydrogens (tertiary/aromatic N) is 1. The highest BCUT2D eigenvalue weighted by atomic mass is 16.6. The van der Waals surface area contributed by atoms with Crippen LogP contribution in [-0.2, 0) is 11.3 Å². The second kappa shape index (κ2) is 4.04. The van der Waals surface area contributed by atoms with Crippen molar-refractivity contribution in [1.82, 2.24) is 4.90 Å². The SMILES string of the molecule is O=C(OCc1ccccc1)N1C[C@H]2[C@H](O)C[C@H]21. The van der Waals surface area contributed by atoms with Gasteiger partial charge in [-0.05, 0) is 12.0 Å². The molecule has 1 amide bonds. The first-order chi connectivity index (χ1) is 8.25. The predicted molar refractivity (Wildman–Crippen MR) is 61.2 cm³/mol. The second-order valence-electron chi connectivity index (χ2n) is 4.73. The highest BCUT2D eigenvalue weighted by Gasteiger charge is 2.54. The van der Waals surface area contributed by atoms with Gasteiger partial charge in [-0.2, -0.15) is 0 Å². The summed E-state index contributed by atoms with van der Waals surface area (Å²) in [7, 11) is 0. The van der Waals surface area contributed by atoms with Crippen LogP contribution in [0.25, 0.3) is 0 Å². The molecule has 0 unspecified atom stereocenters. The first-order valence-electron chi connectivity index (χ1n) is 5.91. The Labute approximate surface area is 99.8 Å². The second-order valence-corrected chi connectivity index (χ2v) is 4.73. The van der Waals surface area contributed by atoms with Gasteiger partial charge in [0.15, 0.2) is 0 Å². The van der Waals surface area contributed by atoms with E-state index in [-0.39, 0.29) is 18.2 Å². The normalized spacial score (nSPS) is 29.9. The van der Waals surface area contributed by atoms with Crippen molar-refractivity contribution in [2.24, 2.45) is 5.92 Å². The lowest BCUT2D eigenvalue weighted by Crippen LogP contribution is -2.70. The van der Waals surface area contributed by atoms with Gasteiger partial charge in [0.1, 0.15) is 6.61 Å². The molecule has 3 rings (SSSR count). The van der Waals surface area contributed by atoms with Crippen molar-refractivity contribution in [2.75, 3.05) is 6.54 Å². The molecule has 3 atom stereocenters. The van der Waals surface area contributed by atoms with E-state index >= 15 is 0 Å². The van der Waals surface area contributed by atoms with E-state index in [1.54, 1.807) is 4.90 Å². The van der Waals surface area contributed by atoms with Gasteiger partial charge in [-0.15, -0.1) is 0 Å². The minimum absolute atomic E-state index is 0.210. The van der Waals surface area contributed by atoms with Crippen LogP contribution in [0.3, 0.4) is 0 Å². The molecule has 4 heteroatoms. The molecule has 2 aliphatic rings. The fourth-order valence-corrected chi connectivity index (χ4v) is 2.50. The van der Waals surface area contributed by atoms with Crippen molar-refractivity contribution in [3.05, 3.63) is 35.9 Å². The van der Waals surface area contributed by atoms with Gasteiger partial charge in [0, 0.05) is 18.5 Å². The Bertz CT molecular complexity index is 420. The first-order valence-corrected chi connectivity index (χ1v) is 5.91. The van der Waals surface area contributed by atoms with E-state index in [0.29, 0.717) is 25.5 Å². The number of ether oxygens (including phenoxy) is 1. The average Bonchev–Trinajstić information content (AvgIpc) is 2.34. The molecule has 0 spiro atoms. The Morgan fingerprint density at radius 2 is 2.18 bits per heavy atom. The van der Waals surface area contributed by atoms with Crippen molar-refractivity contribution in [3.63, 3.8) is 0 Å². The molecule has 4 nitrogen and oxygen atoms in total. The molecule has 17 heavy (non-hydrogen) atoms. The summed E-state index contributed by atoms with van der Waals surface area (Å²) in [5, 5.41) is 9.37. The number of carbonyl (C=O) groups excluding carboxylic acids is 1. The molecular formula is C13H15NO3. The average molecular weight is 233 g/mol. The molecule has 1 aromatic carbocycles. The van der Waals surface area contributed by atoms with E-state index in [1.165, 1.54) is 0 Å². The van der Waals surface area contributed by atoms with Crippen LogP contribution in [0, 0.1) is 5.92 Å². The molecule has 1 heterocycles. The molecule has 90 valence electrons. The summed E-state index contributed by atoms with van der Waals surface area (Å²) in [6, 6.07) is 9.85. The number of amides is 1. The molecular weight excluding hydrogens is 218 g/mol. The lowest BCUT2D eigenvalue weighted by Gasteiger charge is -2.57. The van der Waals surface area contributed by atoms with Crippen LogP contribution in [0.1, 0.15) is 12.0 Å². The van der Waals surface area contributed by atoms with Crippen LogP contribution in [0.4, 0.5) is 4.79 Å². The summed E-state index contributed by atoms with van der Waals surface area (Å²) in [6.07, 6.45) is 0.227. The van der Waals surface area contributed by atoms with Gasteiger partial charge >= 0.3 is 6.09 Å². The highest BCUT2D eigenvalue weighted by molar-refractivity contribution is 5.69. The largest absolute Gasteiger partial charge is 0.445 e. The summed E-state index contributed by atoms with van der Waals surface area (Å²) in [6.45, 7) is 0.954. The summed E-state index contributed by atoms with van der Waals surface area (Å²) in [5.41, 5.74) is 0.992. The summed E-state index contributed by atoms with van der Waals surface area (Å²) in [5.74, 6) is 0.291. The monoisotopic (exact) mass is 233 g/mol. The van der Waals surface area contributed by atoms with Gasteiger partial charge < -0.3 is 14.7 Å². The Morgan fingerprint density at radius 3 is 2.76 bits per heavy atom. The van der Waals surface area contributed by atoms with Gasteiger partial charge in [-0.3, -0.25) is 0 Å². The van der Waals surface area contributed by atoms with Gasteiger partial charge in [-0.1, -0.05) is 30.3 Å². The van der Waals surface area contributed by atoms with Gasteiger partial charge in [0.2, 0.25) is 0 Å². The van der Waals surface area contributed by atoms with Crippen LogP contribution >= 0.6 is 0 Å². The van der Waals surface area contributed by atoms with Crippen molar-refractivity contribution < 1.29 is 14.6 Å². The number of aliphatic hydroxyl groups is 1. The van der Waals surface area contributed by atoms with E-state index in [2.05, 4.69) is 0 Å². The number of hydrogen-bond acceptors (Lipinski definition) is 3. The maximum Gasteiger partial charge on any atom is 0.410 e. The smallest absolute Gasteiger partial charge is 0.410 e. The molecule has 1 saturated carbocycles. The Morgan fingerprint density at radius 1 is 1.41 bits per heavy atom. The van der Waals surface area contributed by atoms with Crippen LogP contribution in [0.15, 0.2) is 30.3 Å². The number of fused-ring (bicyclic) bond motifs is 1. The van der Waals surface area contributed by atoms with Crippen LogP contribution in [-0.4, -0.2) is 34.8 Å². The third-order valence-corrected chi connectivity index (χ3v) is 3.72. The zero-order valence-electron chi connectivity index (χ0n) is 9.45. The molecule has 2 fully saturated rings. The number of likely N-dealkylation sites (tertiary alicyclic amines) is 1. The number of piperidine rings is 1. The molecule has 0 radical (unpaired) electrons. The molecule has 0 bridgehead atoms. The van der Waals surface area contributed by atoms with Gasteiger partial charge in [0.05, 0.1) is 6.10 Å². The van der Waals surface area contributed by atoms with Crippen LogP contribution < -0.4 is 0 Å². The van der Waals surface area contributed by atoms with Crippen molar-refractivity contribution in [2.45, 2.75) is 25.2 Å². The van der Waals surface area contributed by atoms with E-state index in [0.717, 1.165) is 5.56 Å². The lowest BCUT2D eigenvalue weighted by molar-refractivity contribution is -0.137. The lowest BCUT2D eigenvalue weighted by atomic mass is 9.69. The molecule has 1 aromatic rings. The van der Waals surface area contributed by atoms with Crippen molar-refractivity contribution in [3.8, 4) is 0 Å². The maximum absolute atomic E-state index is 11.7. The molecule has 0 aromatic heterocycles. The van der Waals surface area contributed by atoms with Gasteiger partial charge in [0.25, 0.3) is 0 Å². The van der Waals surface area contributed by atoms with Crippen molar-refractivity contribution in [1.29, 1.82) is 0 Å². The van der Waals surface area contributed by atoms with Crippen LogP contribution in [0.5, 0.6) is 0 Å². The number of carbonyl (C=O) groups is 1. The predicted octanol–water partition coefficient (Wildman–Crippen LogP) is 1.39. The topological polar surface area (TPSA) is 49.8 Å². The summed E-state index contributed by atoms with van der Waals surface area (Å²) >= 11 is 0. The van der Waals surface area contributed by atoms with Crippen LogP contribution in [0.2, 0.25) is 0 Å². The Balaban J connectivity index is 1.49. The zero-order chi connectivity index (χ0) is 11.8. The fourth-order valence-electron chi connectivity index (χ4n) is 2.50. The third kappa shape index (κ3) is 1.78. The molecule has 1 aliphatic carbocycles. The zero-order valence-corrected chi connectivity index (χ0v) is 9.45. The minimum Gasteiger partial charge on any atom is -0.445 e. The molecule has 1 saturated heterocycles. The van der Waals surface area contributed by atoms with Crippen molar-refractivity contribution >= 4 is 6.09 Å². The Hall–Kier alpha value is -1.55. The quantitative estimate of drug-likeness (QED) is 0.839.